The maximum atomic E-state index is 11.8. The largest absolute Gasteiger partial charge is 0.497 e. The predicted molar refractivity (Wildman–Crippen MR) is 150 cm³/mol. The first-order chi connectivity index (χ1) is 17.7. The molecule has 0 amide bonds. The highest BCUT2D eigenvalue weighted by Gasteiger charge is 2.42. The van der Waals surface area contributed by atoms with Crippen LogP contribution in [0, 0.1) is 6.92 Å². The minimum absolute atomic E-state index is 0.213. The Morgan fingerprint density at radius 1 is 1.03 bits per heavy atom. The number of aromatic nitrogens is 2. The zero-order valence-electron chi connectivity index (χ0n) is 20.6. The van der Waals surface area contributed by atoms with Crippen LogP contribution in [0.5, 0.6) is 5.75 Å². The minimum atomic E-state index is -3.40. The third-order valence-electron chi connectivity index (χ3n) is 6.32. The van der Waals surface area contributed by atoms with Gasteiger partial charge in [0.15, 0.2) is 5.11 Å². The minimum Gasteiger partial charge on any atom is -0.497 e. The summed E-state index contributed by atoms with van der Waals surface area (Å²) >= 11 is 5.86. The molecule has 0 aliphatic carbocycles. The van der Waals surface area contributed by atoms with E-state index < -0.39 is 10.0 Å². The first-order valence-corrected chi connectivity index (χ1v) is 14.0. The SMILES string of the molecule is COc1ccc(-n2cccc2[C@H]2[C@H](c3ccccn3)NC(=S)N2c2ccc(NS(C)(=O)=O)c(C)c2)cc1. The van der Waals surface area contributed by atoms with Crippen molar-refractivity contribution in [2.45, 2.75) is 19.0 Å². The summed E-state index contributed by atoms with van der Waals surface area (Å²) < 4.78 is 33.6. The third kappa shape index (κ3) is 5.03. The number of ether oxygens (including phenoxy) is 1. The lowest BCUT2D eigenvalue weighted by atomic mass is 10.0. The summed E-state index contributed by atoms with van der Waals surface area (Å²) in [4.78, 5) is 6.70. The summed E-state index contributed by atoms with van der Waals surface area (Å²) in [6.45, 7) is 1.87. The van der Waals surface area contributed by atoms with Gasteiger partial charge in [0.2, 0.25) is 10.0 Å². The number of hydrogen-bond donors (Lipinski definition) is 2. The van der Waals surface area contributed by atoms with Crippen molar-refractivity contribution in [2.24, 2.45) is 0 Å². The van der Waals surface area contributed by atoms with Gasteiger partial charge < -0.3 is 19.5 Å². The number of nitrogens with zero attached hydrogens (tertiary/aromatic N) is 3. The molecular formula is C27H27N5O3S2. The van der Waals surface area contributed by atoms with Crippen LogP contribution in [0.1, 0.15) is 29.0 Å². The van der Waals surface area contributed by atoms with E-state index in [0.717, 1.165) is 40.3 Å². The van der Waals surface area contributed by atoms with Gasteiger partial charge in [0.05, 0.1) is 30.8 Å². The first kappa shape index (κ1) is 24.8. The van der Waals surface area contributed by atoms with Crippen molar-refractivity contribution < 1.29 is 13.2 Å². The normalized spacial score (nSPS) is 17.5. The second-order valence-corrected chi connectivity index (χ2v) is 11.0. The number of methoxy groups -OCH3 is 1. The van der Waals surface area contributed by atoms with Crippen molar-refractivity contribution in [3.8, 4) is 11.4 Å². The van der Waals surface area contributed by atoms with Crippen LogP contribution in [0.4, 0.5) is 11.4 Å². The van der Waals surface area contributed by atoms with Crippen molar-refractivity contribution in [1.29, 1.82) is 0 Å². The van der Waals surface area contributed by atoms with E-state index in [1.165, 1.54) is 0 Å². The molecule has 8 nitrogen and oxygen atoms in total. The molecule has 3 heterocycles. The van der Waals surface area contributed by atoms with Crippen LogP contribution < -0.4 is 19.7 Å². The van der Waals surface area contributed by atoms with E-state index in [0.29, 0.717) is 10.8 Å². The Morgan fingerprint density at radius 2 is 1.78 bits per heavy atom. The Kier molecular flexibility index (Phi) is 6.61. The van der Waals surface area contributed by atoms with Crippen LogP contribution >= 0.6 is 12.2 Å². The molecule has 2 atom stereocenters. The standard InChI is InChI=1S/C27H27N5O3S2/c1-18-17-20(11-14-22(18)30-37(3,33)34)32-26(25(29-27(32)36)23-7-4-5-15-28-23)24-8-6-16-31(24)19-9-12-21(35-2)13-10-19/h4-17,25-26,30H,1-3H3,(H,29,36)/t25-,26-/m0/s1. The molecule has 1 saturated heterocycles. The van der Waals surface area contributed by atoms with E-state index in [1.54, 1.807) is 19.4 Å². The lowest BCUT2D eigenvalue weighted by Gasteiger charge is -2.29. The van der Waals surface area contributed by atoms with Gasteiger partial charge in [-0.05, 0) is 91.4 Å². The average Bonchev–Trinajstić information content (AvgIpc) is 3.49. The zero-order valence-corrected chi connectivity index (χ0v) is 22.3. The quantitative estimate of drug-likeness (QED) is 0.332. The van der Waals surface area contributed by atoms with E-state index in [2.05, 4.69) is 30.6 Å². The average molecular weight is 534 g/mol. The van der Waals surface area contributed by atoms with Gasteiger partial charge in [-0.15, -0.1) is 0 Å². The number of thiocarbonyl (C=S) groups is 1. The Balaban J connectivity index is 1.62. The molecular weight excluding hydrogens is 506 g/mol. The number of rotatable bonds is 7. The van der Waals surface area contributed by atoms with Crippen molar-refractivity contribution in [1.82, 2.24) is 14.9 Å². The molecule has 0 bridgehead atoms. The lowest BCUT2D eigenvalue weighted by molar-refractivity contribution is 0.414. The van der Waals surface area contributed by atoms with E-state index in [4.69, 9.17) is 17.0 Å². The van der Waals surface area contributed by atoms with E-state index in [1.807, 2.05) is 73.8 Å². The monoisotopic (exact) mass is 533 g/mol. The fourth-order valence-electron chi connectivity index (χ4n) is 4.66. The van der Waals surface area contributed by atoms with Crippen molar-refractivity contribution in [3.05, 3.63) is 102 Å². The third-order valence-corrected chi connectivity index (χ3v) is 7.22. The molecule has 1 fully saturated rings. The molecule has 0 spiro atoms. The molecule has 4 aromatic rings. The number of hydrogen-bond acceptors (Lipinski definition) is 5. The predicted octanol–water partition coefficient (Wildman–Crippen LogP) is 4.74. The number of nitrogens with one attached hydrogen (secondary N) is 2. The number of aryl methyl sites for hydroxylation is 1. The topological polar surface area (TPSA) is 88.5 Å². The van der Waals surface area contributed by atoms with Gasteiger partial charge in [0.1, 0.15) is 11.8 Å². The van der Waals surface area contributed by atoms with Crippen molar-refractivity contribution in [2.75, 3.05) is 23.0 Å². The van der Waals surface area contributed by atoms with Gasteiger partial charge in [-0.3, -0.25) is 9.71 Å². The zero-order chi connectivity index (χ0) is 26.2. The molecule has 2 N–H and O–H groups in total. The van der Waals surface area contributed by atoms with Crippen LogP contribution in [0.25, 0.3) is 5.69 Å². The number of anilines is 2. The second kappa shape index (κ2) is 9.87. The maximum absolute atomic E-state index is 11.8. The Morgan fingerprint density at radius 3 is 2.43 bits per heavy atom. The molecule has 0 unspecified atom stereocenters. The highest BCUT2D eigenvalue weighted by molar-refractivity contribution is 7.92. The Bertz CT molecular complexity index is 1540. The van der Waals surface area contributed by atoms with Gasteiger partial charge in [-0.2, -0.15) is 0 Å². The fourth-order valence-corrected chi connectivity index (χ4v) is 5.63. The summed E-state index contributed by atoms with van der Waals surface area (Å²) in [5.41, 5.74) is 5.04. The van der Waals surface area contributed by atoms with Crippen molar-refractivity contribution in [3.63, 3.8) is 0 Å². The van der Waals surface area contributed by atoms with Gasteiger partial charge >= 0.3 is 0 Å². The number of sulfonamides is 1. The molecule has 10 heteroatoms. The highest BCUT2D eigenvalue weighted by atomic mass is 32.2. The lowest BCUT2D eigenvalue weighted by Crippen LogP contribution is -2.30. The summed E-state index contributed by atoms with van der Waals surface area (Å²) in [6, 6.07) is 23.0. The fraction of sp³-hybridized carbons (Fsp3) is 0.185. The second-order valence-electron chi connectivity index (χ2n) is 8.87. The van der Waals surface area contributed by atoms with Crippen LogP contribution in [0.15, 0.2) is 85.2 Å². The van der Waals surface area contributed by atoms with Gasteiger partial charge in [0.25, 0.3) is 0 Å². The molecule has 1 aliphatic heterocycles. The summed E-state index contributed by atoms with van der Waals surface area (Å²) in [7, 11) is -1.75. The molecule has 0 radical (unpaired) electrons. The maximum Gasteiger partial charge on any atom is 0.229 e. The van der Waals surface area contributed by atoms with Gasteiger partial charge in [-0.25, -0.2) is 8.42 Å². The Hall–Kier alpha value is -3.89. The number of pyridine rings is 1. The van der Waals surface area contributed by atoms with Crippen molar-refractivity contribution >= 4 is 38.7 Å². The molecule has 5 rings (SSSR count). The van der Waals surface area contributed by atoms with Crippen LogP contribution in [0.3, 0.4) is 0 Å². The molecule has 37 heavy (non-hydrogen) atoms. The van der Waals surface area contributed by atoms with E-state index >= 15 is 0 Å². The smallest absolute Gasteiger partial charge is 0.229 e. The van der Waals surface area contributed by atoms with E-state index in [-0.39, 0.29) is 12.1 Å². The first-order valence-electron chi connectivity index (χ1n) is 11.7. The summed E-state index contributed by atoms with van der Waals surface area (Å²) in [6.07, 6.45) is 4.94. The highest BCUT2D eigenvalue weighted by Crippen LogP contribution is 2.43. The van der Waals surface area contributed by atoms with Crippen LogP contribution in [-0.2, 0) is 10.0 Å². The molecule has 2 aromatic carbocycles. The molecule has 1 aliphatic rings. The summed E-state index contributed by atoms with van der Waals surface area (Å²) in [5, 5.41) is 4.04. The van der Waals surface area contributed by atoms with E-state index in [9.17, 15) is 8.42 Å². The molecule has 0 saturated carbocycles. The Labute approximate surface area is 222 Å². The van der Waals surface area contributed by atoms with Crippen LogP contribution in [-0.4, -0.2) is 36.4 Å². The number of benzene rings is 2. The summed E-state index contributed by atoms with van der Waals surface area (Å²) in [5.74, 6) is 0.785. The van der Waals surface area contributed by atoms with Crippen LogP contribution in [0.2, 0.25) is 0 Å². The van der Waals surface area contributed by atoms with Gasteiger partial charge in [-0.1, -0.05) is 6.07 Å². The molecule has 2 aromatic heterocycles. The molecule has 190 valence electrons. The van der Waals surface area contributed by atoms with Gasteiger partial charge in [0, 0.05) is 29.5 Å².